The van der Waals surface area contributed by atoms with Crippen molar-refractivity contribution in [1.29, 1.82) is 0 Å². The lowest BCUT2D eigenvalue weighted by Crippen LogP contribution is -2.31. The average Bonchev–Trinajstić information content (AvgIpc) is 3.36. The summed E-state index contributed by atoms with van der Waals surface area (Å²) in [5.74, 6) is 0. The number of thiocarbonyl (C=S) groups is 1. The number of nitrogens with one attached hydrogen (secondary N) is 1. The Balaban J connectivity index is 1.76. The third-order valence-corrected chi connectivity index (χ3v) is 5.86. The highest BCUT2D eigenvalue weighted by atomic mass is 32.1. The molecule has 1 saturated heterocycles. The first kappa shape index (κ1) is 17.5. The van der Waals surface area contributed by atoms with Crippen molar-refractivity contribution in [3.05, 3.63) is 53.1 Å². The molecule has 2 aliphatic rings. The molecule has 2 fully saturated rings. The maximum atomic E-state index is 9.33. The topological polar surface area (TPSA) is 53.3 Å². The zero-order valence-corrected chi connectivity index (χ0v) is 16.2. The summed E-state index contributed by atoms with van der Waals surface area (Å²) < 4.78 is 2.48. The highest BCUT2D eigenvalue weighted by molar-refractivity contribution is 7.80. The third-order valence-electron chi connectivity index (χ3n) is 5.51. The van der Waals surface area contributed by atoms with Crippen LogP contribution in [0.5, 0.6) is 0 Å². The van der Waals surface area contributed by atoms with Gasteiger partial charge in [-0.3, -0.25) is 4.98 Å². The second-order valence-corrected chi connectivity index (χ2v) is 7.71. The summed E-state index contributed by atoms with van der Waals surface area (Å²) >= 11 is 5.65. The van der Waals surface area contributed by atoms with E-state index in [-0.39, 0.29) is 18.7 Å². The predicted molar refractivity (Wildman–Crippen MR) is 106 cm³/mol. The molecule has 2 N–H and O–H groups in total. The number of aryl methyl sites for hydroxylation is 1. The van der Waals surface area contributed by atoms with Crippen LogP contribution in [-0.2, 0) is 0 Å². The van der Waals surface area contributed by atoms with Gasteiger partial charge < -0.3 is 19.9 Å². The van der Waals surface area contributed by atoms with E-state index in [1.54, 1.807) is 0 Å². The van der Waals surface area contributed by atoms with Crippen LogP contribution in [0.4, 0.5) is 0 Å². The Morgan fingerprint density at radius 2 is 2.12 bits per heavy atom. The predicted octanol–water partition coefficient (Wildman–Crippen LogP) is 3.19. The minimum atomic E-state index is 0.0237. The number of aromatic nitrogens is 2. The fraction of sp³-hybridized carbons (Fsp3) is 0.500. The monoisotopic (exact) mass is 370 g/mol. The van der Waals surface area contributed by atoms with Crippen LogP contribution < -0.4 is 5.32 Å². The molecule has 0 amide bonds. The third kappa shape index (κ3) is 3.01. The van der Waals surface area contributed by atoms with Gasteiger partial charge in [0, 0.05) is 36.8 Å². The van der Waals surface area contributed by atoms with E-state index in [2.05, 4.69) is 45.7 Å². The van der Waals surface area contributed by atoms with Gasteiger partial charge in [-0.05, 0) is 69.1 Å². The highest BCUT2D eigenvalue weighted by Gasteiger charge is 2.41. The fourth-order valence-corrected chi connectivity index (χ4v) is 4.55. The molecule has 0 bridgehead atoms. The van der Waals surface area contributed by atoms with Crippen LogP contribution in [0, 0.1) is 13.8 Å². The molecule has 138 valence electrons. The second-order valence-electron chi connectivity index (χ2n) is 7.32. The van der Waals surface area contributed by atoms with Crippen LogP contribution in [0.15, 0.2) is 30.5 Å². The number of nitrogens with zero attached hydrogens (tertiary/aromatic N) is 3. The molecule has 4 rings (SSSR count). The van der Waals surface area contributed by atoms with Crippen LogP contribution in [0.2, 0.25) is 0 Å². The van der Waals surface area contributed by atoms with Crippen molar-refractivity contribution in [1.82, 2.24) is 19.8 Å². The van der Waals surface area contributed by atoms with Crippen molar-refractivity contribution in [3.8, 4) is 0 Å². The Labute approximate surface area is 160 Å². The smallest absolute Gasteiger partial charge is 0.170 e. The minimum absolute atomic E-state index is 0.0237. The van der Waals surface area contributed by atoms with Crippen molar-refractivity contribution in [2.45, 2.75) is 51.2 Å². The van der Waals surface area contributed by atoms with Crippen molar-refractivity contribution >= 4 is 17.3 Å². The van der Waals surface area contributed by atoms with Crippen LogP contribution in [-0.4, -0.2) is 37.8 Å². The van der Waals surface area contributed by atoms with Gasteiger partial charge >= 0.3 is 0 Å². The molecule has 0 radical (unpaired) electrons. The summed E-state index contributed by atoms with van der Waals surface area (Å²) in [6, 6.07) is 9.11. The summed E-state index contributed by atoms with van der Waals surface area (Å²) in [5, 5.41) is 13.6. The molecular weight excluding hydrogens is 344 g/mol. The summed E-state index contributed by atoms with van der Waals surface area (Å²) in [6.07, 6.45) is 5.08. The molecule has 2 atom stereocenters. The number of aliphatic hydroxyl groups is 1. The summed E-state index contributed by atoms with van der Waals surface area (Å²) in [7, 11) is 0. The minimum Gasteiger partial charge on any atom is -0.396 e. The van der Waals surface area contributed by atoms with E-state index >= 15 is 0 Å². The van der Waals surface area contributed by atoms with E-state index in [0.29, 0.717) is 12.5 Å². The van der Waals surface area contributed by atoms with Crippen molar-refractivity contribution in [3.63, 3.8) is 0 Å². The molecule has 0 aromatic carbocycles. The van der Waals surface area contributed by atoms with Crippen LogP contribution in [0.25, 0.3) is 0 Å². The molecule has 2 aromatic rings. The van der Waals surface area contributed by atoms with Crippen molar-refractivity contribution in [2.24, 2.45) is 0 Å². The molecule has 5 nitrogen and oxygen atoms in total. The van der Waals surface area contributed by atoms with Crippen LogP contribution in [0.1, 0.15) is 60.0 Å². The normalized spacial score (nSPS) is 22.7. The molecule has 3 heterocycles. The SMILES string of the molecule is Cc1cc([C@@H]2[C@@H](c3ccccn3)NC(=S)N2CCCO)c(C)n1C1CC1. The summed E-state index contributed by atoms with van der Waals surface area (Å²) in [5.41, 5.74) is 4.97. The number of hydrogen-bond acceptors (Lipinski definition) is 3. The Kier molecular flexibility index (Phi) is 4.71. The zero-order valence-electron chi connectivity index (χ0n) is 15.4. The van der Waals surface area contributed by atoms with Gasteiger partial charge in [-0.2, -0.15) is 0 Å². The highest BCUT2D eigenvalue weighted by Crippen LogP contribution is 2.44. The quantitative estimate of drug-likeness (QED) is 0.765. The van der Waals surface area contributed by atoms with E-state index in [4.69, 9.17) is 12.2 Å². The molecule has 0 spiro atoms. The number of pyridine rings is 1. The Morgan fingerprint density at radius 3 is 2.77 bits per heavy atom. The molecule has 1 aliphatic carbocycles. The van der Waals surface area contributed by atoms with Crippen LogP contribution in [0.3, 0.4) is 0 Å². The molecule has 26 heavy (non-hydrogen) atoms. The van der Waals surface area contributed by atoms with Gasteiger partial charge in [-0.15, -0.1) is 0 Å². The van der Waals surface area contributed by atoms with Gasteiger partial charge in [0.15, 0.2) is 5.11 Å². The fourth-order valence-electron chi connectivity index (χ4n) is 4.22. The maximum Gasteiger partial charge on any atom is 0.170 e. The van der Waals surface area contributed by atoms with Crippen molar-refractivity contribution < 1.29 is 5.11 Å². The lowest BCUT2D eigenvalue weighted by atomic mass is 9.96. The Morgan fingerprint density at radius 1 is 1.31 bits per heavy atom. The molecule has 1 aliphatic heterocycles. The first-order chi connectivity index (χ1) is 12.6. The molecule has 6 heteroatoms. The van der Waals surface area contributed by atoms with E-state index < -0.39 is 0 Å². The lowest BCUT2D eigenvalue weighted by molar-refractivity contribution is 0.247. The first-order valence-electron chi connectivity index (χ1n) is 9.39. The zero-order chi connectivity index (χ0) is 18.3. The largest absolute Gasteiger partial charge is 0.396 e. The molecule has 2 aromatic heterocycles. The number of aliphatic hydroxyl groups excluding tert-OH is 1. The van der Waals surface area contributed by atoms with E-state index in [1.165, 1.54) is 29.8 Å². The van der Waals surface area contributed by atoms with Gasteiger partial charge in [0.1, 0.15) is 0 Å². The maximum absolute atomic E-state index is 9.33. The number of rotatable bonds is 6. The Hall–Kier alpha value is -1.92. The summed E-state index contributed by atoms with van der Waals surface area (Å²) in [6.45, 7) is 5.33. The van der Waals surface area contributed by atoms with Gasteiger partial charge in [0.2, 0.25) is 0 Å². The summed E-state index contributed by atoms with van der Waals surface area (Å²) in [4.78, 5) is 6.81. The molecule has 0 unspecified atom stereocenters. The van der Waals surface area contributed by atoms with Gasteiger partial charge in [-0.1, -0.05) is 6.07 Å². The standard InChI is InChI=1S/C20H26N4OS/c1-13-12-16(14(2)24(13)15-7-8-15)19-18(17-6-3-4-9-21-17)22-20(26)23(19)10-5-11-25/h3-4,6,9,12,15,18-19,25H,5,7-8,10-11H2,1-2H3,(H,22,26)/t18-,19-/m1/s1. The second kappa shape index (κ2) is 7.00. The lowest BCUT2D eigenvalue weighted by Gasteiger charge is -2.28. The van der Waals surface area contributed by atoms with Crippen molar-refractivity contribution in [2.75, 3.05) is 13.2 Å². The average molecular weight is 371 g/mol. The van der Waals surface area contributed by atoms with E-state index in [0.717, 1.165) is 17.4 Å². The van der Waals surface area contributed by atoms with E-state index in [9.17, 15) is 5.11 Å². The molecule has 1 saturated carbocycles. The molecular formula is C20H26N4OS. The van der Waals surface area contributed by atoms with Crippen LogP contribution >= 0.6 is 12.2 Å². The number of hydrogen-bond donors (Lipinski definition) is 2. The first-order valence-corrected chi connectivity index (χ1v) is 9.80. The Bertz CT molecular complexity index is 800. The van der Waals surface area contributed by atoms with E-state index in [1.807, 2.05) is 18.3 Å². The van der Waals surface area contributed by atoms with Gasteiger partial charge in [0.05, 0.1) is 17.8 Å². The van der Waals surface area contributed by atoms with Gasteiger partial charge in [-0.25, -0.2) is 0 Å². The van der Waals surface area contributed by atoms with Gasteiger partial charge in [0.25, 0.3) is 0 Å².